The smallest absolute Gasteiger partial charge is 0.124 e. The van der Waals surface area contributed by atoms with Crippen molar-refractivity contribution in [2.45, 2.75) is 37.8 Å². The second-order valence-electron chi connectivity index (χ2n) is 9.14. The third-order valence-corrected chi connectivity index (χ3v) is 6.70. The zero-order valence-corrected chi connectivity index (χ0v) is 20.2. The Kier molecular flexibility index (Phi) is 7.23. The largest absolute Gasteiger partial charge is 0.507 e. The van der Waals surface area contributed by atoms with Crippen molar-refractivity contribution in [2.24, 2.45) is 9.98 Å². The van der Waals surface area contributed by atoms with Crippen LogP contribution in [0.25, 0.3) is 0 Å². The molecule has 0 radical (unpaired) electrons. The van der Waals surface area contributed by atoms with Crippen molar-refractivity contribution in [1.29, 1.82) is 0 Å². The zero-order chi connectivity index (χ0) is 24.7. The molecule has 4 nitrogen and oxygen atoms in total. The van der Waals surface area contributed by atoms with Crippen LogP contribution in [0, 0.1) is 0 Å². The maximum absolute atomic E-state index is 10.7. The third-order valence-electron chi connectivity index (χ3n) is 6.70. The van der Waals surface area contributed by atoms with Gasteiger partial charge in [0.2, 0.25) is 0 Å². The number of nitrogens with zero attached hydrogens (tertiary/aromatic N) is 2. The van der Waals surface area contributed by atoms with Crippen LogP contribution in [0.5, 0.6) is 11.5 Å². The molecule has 1 saturated carbocycles. The maximum atomic E-state index is 10.7. The van der Waals surface area contributed by atoms with Crippen LogP contribution in [0.1, 0.15) is 47.9 Å². The lowest BCUT2D eigenvalue weighted by molar-refractivity contribution is 0.388. The van der Waals surface area contributed by atoms with E-state index in [-0.39, 0.29) is 23.6 Å². The Labute approximate surface area is 212 Å². The van der Waals surface area contributed by atoms with E-state index in [0.717, 1.165) is 59.4 Å². The van der Waals surface area contributed by atoms with Crippen molar-refractivity contribution in [3.63, 3.8) is 0 Å². The lowest BCUT2D eigenvalue weighted by Gasteiger charge is -2.28. The molecule has 0 spiro atoms. The summed E-state index contributed by atoms with van der Waals surface area (Å²) in [5.41, 5.74) is 4.95. The molecule has 2 atom stereocenters. The lowest BCUT2D eigenvalue weighted by atomic mass is 9.89. The van der Waals surface area contributed by atoms with E-state index in [1.54, 1.807) is 12.1 Å². The van der Waals surface area contributed by atoms with Gasteiger partial charge >= 0.3 is 0 Å². The Bertz CT molecular complexity index is 1260. The van der Waals surface area contributed by atoms with Gasteiger partial charge in [-0.05, 0) is 37.1 Å². The standard InChI is InChI=1S/C32H30N2O2/c35-29-21-11-7-17-25(29)31(23-13-3-1-4-14-23)33-27-19-9-10-20-28(27)34-32(24-15-5-2-6-16-24)26-18-8-12-22-30(26)36/h1-8,11-18,21-22,27-28,35-36H,9-10,19-20H2/t27-,28-/m0/s1. The van der Waals surface area contributed by atoms with E-state index in [1.807, 2.05) is 97.1 Å². The molecule has 0 amide bonds. The molecule has 0 aliphatic heterocycles. The second-order valence-corrected chi connectivity index (χ2v) is 9.14. The summed E-state index contributed by atoms with van der Waals surface area (Å²) in [4.78, 5) is 10.5. The Morgan fingerprint density at radius 2 is 0.861 bits per heavy atom. The molecule has 4 heteroatoms. The minimum atomic E-state index is -0.0434. The monoisotopic (exact) mass is 474 g/mol. The molecule has 1 aliphatic carbocycles. The Balaban J connectivity index is 1.62. The number of phenolic OH excluding ortho intramolecular Hbond substituents is 2. The van der Waals surface area contributed by atoms with Gasteiger partial charge in [0, 0.05) is 22.3 Å². The van der Waals surface area contributed by atoms with Crippen LogP contribution in [0.15, 0.2) is 119 Å². The molecule has 4 aromatic carbocycles. The molecule has 2 N–H and O–H groups in total. The van der Waals surface area contributed by atoms with E-state index in [4.69, 9.17) is 9.98 Å². The first-order valence-electron chi connectivity index (χ1n) is 12.5. The summed E-state index contributed by atoms with van der Waals surface area (Å²) in [7, 11) is 0. The Morgan fingerprint density at radius 1 is 0.500 bits per heavy atom. The summed E-state index contributed by atoms with van der Waals surface area (Å²) >= 11 is 0. The summed E-state index contributed by atoms with van der Waals surface area (Å²) in [6.07, 6.45) is 4.00. The van der Waals surface area contributed by atoms with Crippen LogP contribution in [0.2, 0.25) is 0 Å². The fraction of sp³-hybridized carbons (Fsp3) is 0.188. The van der Waals surface area contributed by atoms with Gasteiger partial charge in [0.25, 0.3) is 0 Å². The van der Waals surface area contributed by atoms with Crippen LogP contribution in [0.3, 0.4) is 0 Å². The van der Waals surface area contributed by atoms with Gasteiger partial charge in [-0.2, -0.15) is 0 Å². The maximum Gasteiger partial charge on any atom is 0.124 e. The van der Waals surface area contributed by atoms with Crippen LogP contribution < -0.4 is 0 Å². The van der Waals surface area contributed by atoms with Gasteiger partial charge in [0.05, 0.1) is 23.5 Å². The Hall–Kier alpha value is -4.18. The molecule has 1 fully saturated rings. The first-order valence-corrected chi connectivity index (χ1v) is 12.5. The molecule has 0 aromatic heterocycles. The van der Waals surface area contributed by atoms with Crippen molar-refractivity contribution in [2.75, 3.05) is 0 Å². The van der Waals surface area contributed by atoms with E-state index < -0.39 is 0 Å². The summed E-state index contributed by atoms with van der Waals surface area (Å²) < 4.78 is 0. The molecule has 0 heterocycles. The van der Waals surface area contributed by atoms with Crippen LogP contribution in [-0.4, -0.2) is 33.7 Å². The van der Waals surface area contributed by atoms with E-state index in [1.165, 1.54) is 0 Å². The number of para-hydroxylation sites is 2. The molecule has 5 rings (SSSR count). The lowest BCUT2D eigenvalue weighted by Crippen LogP contribution is -2.30. The van der Waals surface area contributed by atoms with Crippen molar-refractivity contribution in [1.82, 2.24) is 0 Å². The number of aromatic hydroxyl groups is 2. The first kappa shape index (κ1) is 23.6. The highest BCUT2D eigenvalue weighted by Gasteiger charge is 2.27. The SMILES string of the molecule is Oc1ccccc1C(=N[C@H]1CCCC[C@@H]1N=C(c1ccccc1)c1ccccc1O)c1ccccc1. The first-order chi connectivity index (χ1) is 17.7. The van der Waals surface area contributed by atoms with Crippen molar-refractivity contribution < 1.29 is 10.2 Å². The molecular formula is C32H30N2O2. The molecule has 1 aliphatic rings. The van der Waals surface area contributed by atoms with Gasteiger partial charge in [-0.25, -0.2) is 0 Å². The van der Waals surface area contributed by atoms with Crippen molar-refractivity contribution in [3.05, 3.63) is 131 Å². The molecule has 0 bridgehead atoms. The van der Waals surface area contributed by atoms with Crippen molar-refractivity contribution in [3.8, 4) is 11.5 Å². The topological polar surface area (TPSA) is 65.2 Å². The molecule has 0 unspecified atom stereocenters. The minimum absolute atomic E-state index is 0.0434. The van der Waals surface area contributed by atoms with E-state index in [0.29, 0.717) is 0 Å². The summed E-state index contributed by atoms with van der Waals surface area (Å²) in [5, 5.41) is 21.3. The highest BCUT2D eigenvalue weighted by atomic mass is 16.3. The molecule has 0 saturated heterocycles. The predicted octanol–water partition coefficient (Wildman–Crippen LogP) is 6.78. The summed E-state index contributed by atoms with van der Waals surface area (Å²) in [5.74, 6) is 0.435. The van der Waals surface area contributed by atoms with Gasteiger partial charge in [0.15, 0.2) is 0 Å². The molecule has 180 valence electrons. The summed E-state index contributed by atoms with van der Waals surface area (Å²) in [6.45, 7) is 0. The Morgan fingerprint density at radius 3 is 1.25 bits per heavy atom. The zero-order valence-electron chi connectivity index (χ0n) is 20.2. The number of hydrogen-bond donors (Lipinski definition) is 2. The average Bonchev–Trinajstić information content (AvgIpc) is 2.93. The van der Waals surface area contributed by atoms with Crippen molar-refractivity contribution >= 4 is 11.4 Å². The fourth-order valence-electron chi connectivity index (χ4n) is 4.86. The quantitative estimate of drug-likeness (QED) is 0.302. The third kappa shape index (κ3) is 5.23. The molecule has 36 heavy (non-hydrogen) atoms. The fourth-order valence-corrected chi connectivity index (χ4v) is 4.86. The van der Waals surface area contributed by atoms with Crippen LogP contribution >= 0.6 is 0 Å². The number of hydrogen-bond acceptors (Lipinski definition) is 4. The van der Waals surface area contributed by atoms with Gasteiger partial charge < -0.3 is 10.2 Å². The number of rotatable bonds is 6. The average molecular weight is 475 g/mol. The molecule has 4 aromatic rings. The van der Waals surface area contributed by atoms with Gasteiger partial charge in [0.1, 0.15) is 11.5 Å². The van der Waals surface area contributed by atoms with Gasteiger partial charge in [-0.1, -0.05) is 97.8 Å². The number of benzene rings is 4. The summed E-state index contributed by atoms with van der Waals surface area (Å²) in [6, 6.07) is 34.7. The highest BCUT2D eigenvalue weighted by Crippen LogP contribution is 2.30. The number of aliphatic imine (C=N–C) groups is 2. The second kappa shape index (κ2) is 11.0. The number of phenols is 2. The van der Waals surface area contributed by atoms with Gasteiger partial charge in [-0.3, -0.25) is 9.98 Å². The molecular weight excluding hydrogens is 444 g/mol. The van der Waals surface area contributed by atoms with E-state index in [2.05, 4.69) is 0 Å². The minimum Gasteiger partial charge on any atom is -0.507 e. The normalized spacial score (nSPS) is 18.7. The van der Waals surface area contributed by atoms with E-state index in [9.17, 15) is 10.2 Å². The predicted molar refractivity (Wildman–Crippen MR) is 146 cm³/mol. The van der Waals surface area contributed by atoms with E-state index >= 15 is 0 Å². The highest BCUT2D eigenvalue weighted by molar-refractivity contribution is 6.15. The van der Waals surface area contributed by atoms with Crippen LogP contribution in [0.4, 0.5) is 0 Å². The van der Waals surface area contributed by atoms with Gasteiger partial charge in [-0.15, -0.1) is 0 Å². The van der Waals surface area contributed by atoms with Crippen LogP contribution in [-0.2, 0) is 0 Å².